The summed E-state index contributed by atoms with van der Waals surface area (Å²) in [5, 5.41) is 2.62. The van der Waals surface area contributed by atoms with Gasteiger partial charge >= 0.3 is 6.03 Å². The van der Waals surface area contributed by atoms with Crippen LogP contribution in [0.2, 0.25) is 0 Å². The van der Waals surface area contributed by atoms with Crippen LogP contribution < -0.4 is 16.8 Å². The Morgan fingerprint density at radius 1 is 1.43 bits per heavy atom. The lowest BCUT2D eigenvalue weighted by atomic mass is 9.96. The Bertz CT molecular complexity index is 544. The number of hydrogen-bond acceptors (Lipinski definition) is 3. The molecule has 0 aliphatic carbocycles. The molecule has 1 heterocycles. The van der Waals surface area contributed by atoms with Gasteiger partial charge in [-0.2, -0.15) is 0 Å². The second-order valence-electron chi connectivity index (χ2n) is 5.58. The molecule has 0 saturated carbocycles. The molecule has 0 radical (unpaired) electrons. The minimum absolute atomic E-state index is 0.0243. The summed E-state index contributed by atoms with van der Waals surface area (Å²) in [5.41, 5.74) is 13.0. The number of nitrogens with one attached hydrogen (secondary N) is 1. The summed E-state index contributed by atoms with van der Waals surface area (Å²) < 4.78 is 0. The number of hydrogen-bond donors (Lipinski definition) is 3. The highest BCUT2D eigenvalue weighted by atomic mass is 16.2. The van der Waals surface area contributed by atoms with Crippen LogP contribution in [-0.2, 0) is 0 Å². The van der Waals surface area contributed by atoms with Crippen LogP contribution in [0.1, 0.15) is 28.8 Å². The molecule has 0 aromatic heterocycles. The summed E-state index contributed by atoms with van der Waals surface area (Å²) in [6, 6.07) is 4.81. The molecule has 6 nitrogen and oxygen atoms in total. The number of carbonyl (C=O) groups is 2. The number of benzene rings is 1. The highest BCUT2D eigenvalue weighted by Crippen LogP contribution is 2.20. The average molecular weight is 290 g/mol. The van der Waals surface area contributed by atoms with Gasteiger partial charge in [0, 0.05) is 30.9 Å². The van der Waals surface area contributed by atoms with Crippen molar-refractivity contribution in [3.63, 3.8) is 0 Å². The van der Waals surface area contributed by atoms with Gasteiger partial charge in [0.15, 0.2) is 0 Å². The van der Waals surface area contributed by atoms with E-state index in [-0.39, 0.29) is 11.8 Å². The Kier molecular flexibility index (Phi) is 4.67. The first-order chi connectivity index (χ1) is 9.97. The summed E-state index contributed by atoms with van der Waals surface area (Å²) in [4.78, 5) is 25.2. The number of primary amides is 1. The molecule has 0 bridgehead atoms. The Morgan fingerprint density at radius 3 is 2.86 bits per heavy atom. The number of nitrogens with two attached hydrogens (primary N) is 2. The third-order valence-corrected chi connectivity index (χ3v) is 3.85. The maximum Gasteiger partial charge on any atom is 0.312 e. The van der Waals surface area contributed by atoms with Crippen LogP contribution in [0.25, 0.3) is 0 Å². The number of carbonyl (C=O) groups excluding carboxylic acids is 2. The van der Waals surface area contributed by atoms with Gasteiger partial charge in [-0.3, -0.25) is 4.79 Å². The predicted molar refractivity (Wildman–Crippen MR) is 81.8 cm³/mol. The van der Waals surface area contributed by atoms with Crippen LogP contribution in [0.3, 0.4) is 0 Å². The smallest absolute Gasteiger partial charge is 0.312 e. The zero-order valence-corrected chi connectivity index (χ0v) is 12.3. The zero-order valence-electron chi connectivity index (χ0n) is 12.3. The van der Waals surface area contributed by atoms with E-state index >= 15 is 0 Å². The van der Waals surface area contributed by atoms with E-state index < -0.39 is 6.03 Å². The van der Waals surface area contributed by atoms with E-state index in [2.05, 4.69) is 5.32 Å². The second kappa shape index (κ2) is 6.47. The van der Waals surface area contributed by atoms with Crippen molar-refractivity contribution in [2.45, 2.75) is 19.8 Å². The SMILES string of the molecule is Cc1cc(N)ccc1C(=O)N1CCCC(CNC(N)=O)C1. The van der Waals surface area contributed by atoms with E-state index in [9.17, 15) is 9.59 Å². The molecule has 1 unspecified atom stereocenters. The Balaban J connectivity index is 2.03. The number of piperidine rings is 1. The monoisotopic (exact) mass is 290 g/mol. The molecule has 21 heavy (non-hydrogen) atoms. The summed E-state index contributed by atoms with van der Waals surface area (Å²) in [6.45, 7) is 3.79. The van der Waals surface area contributed by atoms with Crippen molar-refractivity contribution in [1.29, 1.82) is 0 Å². The predicted octanol–water partition coefficient (Wildman–Crippen LogP) is 1.10. The van der Waals surface area contributed by atoms with Crippen LogP contribution >= 0.6 is 0 Å². The third kappa shape index (κ3) is 3.87. The van der Waals surface area contributed by atoms with Crippen LogP contribution in [0, 0.1) is 12.8 Å². The summed E-state index contributed by atoms with van der Waals surface area (Å²) >= 11 is 0. The first-order valence-corrected chi connectivity index (χ1v) is 7.16. The lowest BCUT2D eigenvalue weighted by Gasteiger charge is -2.33. The minimum Gasteiger partial charge on any atom is -0.399 e. The number of amides is 3. The van der Waals surface area contributed by atoms with Gasteiger partial charge < -0.3 is 21.7 Å². The molecule has 114 valence electrons. The number of aryl methyl sites for hydroxylation is 1. The number of nitrogens with zero attached hydrogens (tertiary/aromatic N) is 1. The van der Waals surface area contributed by atoms with Crippen molar-refractivity contribution in [2.24, 2.45) is 11.7 Å². The van der Waals surface area contributed by atoms with Gasteiger partial charge in [-0.05, 0) is 49.4 Å². The molecule has 1 aliphatic heterocycles. The van der Waals surface area contributed by atoms with Crippen molar-refractivity contribution in [2.75, 3.05) is 25.4 Å². The first-order valence-electron chi connectivity index (χ1n) is 7.16. The lowest BCUT2D eigenvalue weighted by molar-refractivity contribution is 0.0674. The molecule has 1 atom stereocenters. The van der Waals surface area contributed by atoms with Crippen LogP contribution in [0.4, 0.5) is 10.5 Å². The fraction of sp³-hybridized carbons (Fsp3) is 0.467. The fourth-order valence-corrected chi connectivity index (χ4v) is 2.76. The Hall–Kier alpha value is -2.24. The highest BCUT2D eigenvalue weighted by Gasteiger charge is 2.25. The van der Waals surface area contributed by atoms with Crippen LogP contribution in [-0.4, -0.2) is 36.5 Å². The van der Waals surface area contributed by atoms with Crippen molar-refractivity contribution in [1.82, 2.24) is 10.2 Å². The average Bonchev–Trinajstić information content (AvgIpc) is 2.45. The molecular weight excluding hydrogens is 268 g/mol. The summed E-state index contributed by atoms with van der Waals surface area (Å²) in [7, 11) is 0. The van der Waals surface area contributed by atoms with Crippen molar-refractivity contribution in [3.8, 4) is 0 Å². The molecule has 1 saturated heterocycles. The number of likely N-dealkylation sites (tertiary alicyclic amines) is 1. The number of anilines is 1. The normalized spacial score (nSPS) is 18.3. The second-order valence-corrected chi connectivity index (χ2v) is 5.58. The molecule has 1 aromatic rings. The molecular formula is C15H22N4O2. The lowest BCUT2D eigenvalue weighted by Crippen LogP contribution is -2.44. The molecule has 1 aromatic carbocycles. The number of rotatable bonds is 3. The Labute approximate surface area is 124 Å². The fourth-order valence-electron chi connectivity index (χ4n) is 2.76. The van der Waals surface area contributed by atoms with Crippen molar-refractivity contribution in [3.05, 3.63) is 29.3 Å². The molecule has 5 N–H and O–H groups in total. The van der Waals surface area contributed by atoms with Gasteiger partial charge in [0.2, 0.25) is 0 Å². The zero-order chi connectivity index (χ0) is 15.4. The van der Waals surface area contributed by atoms with E-state index in [0.29, 0.717) is 24.3 Å². The topological polar surface area (TPSA) is 101 Å². The van der Waals surface area contributed by atoms with Crippen molar-refractivity contribution >= 4 is 17.6 Å². The largest absolute Gasteiger partial charge is 0.399 e. The maximum absolute atomic E-state index is 12.6. The van der Waals surface area contributed by atoms with Gasteiger partial charge in [-0.15, -0.1) is 0 Å². The van der Waals surface area contributed by atoms with Gasteiger partial charge in [0.25, 0.3) is 5.91 Å². The third-order valence-electron chi connectivity index (χ3n) is 3.85. The quantitative estimate of drug-likeness (QED) is 0.726. The van der Waals surface area contributed by atoms with E-state index in [1.54, 1.807) is 12.1 Å². The molecule has 6 heteroatoms. The van der Waals surface area contributed by atoms with Gasteiger partial charge in [-0.25, -0.2) is 4.79 Å². The molecule has 1 aliphatic rings. The molecule has 3 amide bonds. The molecule has 1 fully saturated rings. The maximum atomic E-state index is 12.6. The van der Waals surface area contributed by atoms with E-state index in [4.69, 9.17) is 11.5 Å². The van der Waals surface area contributed by atoms with Gasteiger partial charge in [-0.1, -0.05) is 0 Å². The van der Waals surface area contributed by atoms with Crippen LogP contribution in [0.5, 0.6) is 0 Å². The van der Waals surface area contributed by atoms with Gasteiger partial charge in [0.05, 0.1) is 0 Å². The first kappa shape index (κ1) is 15.2. The molecule has 2 rings (SSSR count). The van der Waals surface area contributed by atoms with E-state index in [1.165, 1.54) is 0 Å². The molecule has 0 spiro atoms. The minimum atomic E-state index is -0.521. The van der Waals surface area contributed by atoms with E-state index in [1.807, 2.05) is 17.9 Å². The summed E-state index contributed by atoms with van der Waals surface area (Å²) in [5.74, 6) is 0.278. The summed E-state index contributed by atoms with van der Waals surface area (Å²) in [6.07, 6.45) is 1.93. The Morgan fingerprint density at radius 2 is 2.19 bits per heavy atom. The van der Waals surface area contributed by atoms with E-state index in [0.717, 1.165) is 24.9 Å². The number of urea groups is 1. The number of nitrogen functional groups attached to an aromatic ring is 1. The highest BCUT2D eigenvalue weighted by molar-refractivity contribution is 5.96. The standard InChI is InChI=1S/C15H22N4O2/c1-10-7-12(16)4-5-13(10)14(20)19-6-2-3-11(9-19)8-18-15(17)21/h4-5,7,11H,2-3,6,8-9,16H2,1H3,(H3,17,18,21). The van der Waals surface area contributed by atoms with Crippen molar-refractivity contribution < 1.29 is 9.59 Å². The van der Waals surface area contributed by atoms with Crippen LogP contribution in [0.15, 0.2) is 18.2 Å². The van der Waals surface area contributed by atoms with Gasteiger partial charge in [0.1, 0.15) is 0 Å².